The van der Waals surface area contributed by atoms with Gasteiger partial charge in [0.2, 0.25) is 0 Å². The van der Waals surface area contributed by atoms with Crippen LogP contribution in [0.5, 0.6) is 0 Å². The van der Waals surface area contributed by atoms with Crippen molar-refractivity contribution >= 4 is 0 Å². The molecule has 0 aromatic carbocycles. The molecular formula is C14H13NO. The van der Waals surface area contributed by atoms with Crippen LogP contribution in [0.1, 0.15) is 0 Å². The van der Waals surface area contributed by atoms with Crippen molar-refractivity contribution in [2.75, 3.05) is 6.61 Å². The van der Waals surface area contributed by atoms with Crippen LogP contribution in [0.3, 0.4) is 0 Å². The molecule has 0 atom stereocenters. The van der Waals surface area contributed by atoms with Gasteiger partial charge < -0.3 is 4.74 Å². The standard InChI is InChI=1S/C14H13NO/c15-12-14-10-8-6-4-2-1-3-5-7-9-11-16-13-14/h1-11H,13H2/b3-1-,4-2-,7-5-,8-6-,11-9-,14-10-. The Morgan fingerprint density at radius 2 is 1.44 bits per heavy atom. The zero-order valence-electron chi connectivity index (χ0n) is 8.91. The van der Waals surface area contributed by atoms with E-state index in [0.717, 1.165) is 0 Å². The molecule has 1 aliphatic rings. The summed E-state index contributed by atoms with van der Waals surface area (Å²) in [4.78, 5) is 0. The fourth-order valence-corrected chi connectivity index (χ4v) is 0.977. The summed E-state index contributed by atoms with van der Waals surface area (Å²) < 4.78 is 5.18. The van der Waals surface area contributed by atoms with Crippen molar-refractivity contribution in [2.24, 2.45) is 0 Å². The van der Waals surface area contributed by atoms with Crippen molar-refractivity contribution in [2.45, 2.75) is 0 Å². The molecule has 16 heavy (non-hydrogen) atoms. The van der Waals surface area contributed by atoms with Crippen LogP contribution in [0, 0.1) is 11.3 Å². The highest BCUT2D eigenvalue weighted by Gasteiger charge is 1.91. The van der Waals surface area contributed by atoms with E-state index in [2.05, 4.69) is 6.07 Å². The number of allylic oxidation sites excluding steroid dienone is 10. The predicted octanol–water partition coefficient (Wildman–Crippen LogP) is 3.21. The fraction of sp³-hybridized carbons (Fsp3) is 0.0714. The SMILES string of the molecule is N#C/C1=C/C=C\C=C/C=C\C=C/C=C\OC1. The fourth-order valence-electron chi connectivity index (χ4n) is 0.977. The van der Waals surface area contributed by atoms with Gasteiger partial charge in [-0.05, 0) is 12.2 Å². The van der Waals surface area contributed by atoms with Crippen molar-refractivity contribution in [1.82, 2.24) is 0 Å². The van der Waals surface area contributed by atoms with E-state index in [0.29, 0.717) is 12.2 Å². The summed E-state index contributed by atoms with van der Waals surface area (Å²) in [5, 5.41) is 8.80. The van der Waals surface area contributed by atoms with E-state index in [1.54, 1.807) is 18.4 Å². The number of ether oxygens (including phenoxy) is 1. The first-order valence-electron chi connectivity index (χ1n) is 4.97. The second kappa shape index (κ2) is 8.07. The smallest absolute Gasteiger partial charge is 0.122 e. The Labute approximate surface area is 95.8 Å². The van der Waals surface area contributed by atoms with E-state index in [1.807, 2.05) is 48.6 Å². The quantitative estimate of drug-likeness (QED) is 0.616. The van der Waals surface area contributed by atoms with Crippen molar-refractivity contribution in [1.29, 1.82) is 5.26 Å². The number of rotatable bonds is 0. The summed E-state index contributed by atoms with van der Waals surface area (Å²) >= 11 is 0. The van der Waals surface area contributed by atoms with E-state index in [-0.39, 0.29) is 0 Å². The maximum Gasteiger partial charge on any atom is 0.122 e. The minimum atomic E-state index is 0.296. The highest BCUT2D eigenvalue weighted by molar-refractivity contribution is 5.28. The van der Waals surface area contributed by atoms with E-state index in [4.69, 9.17) is 10.00 Å². The first-order valence-corrected chi connectivity index (χ1v) is 4.97. The van der Waals surface area contributed by atoms with Crippen molar-refractivity contribution in [3.63, 3.8) is 0 Å². The molecular weight excluding hydrogens is 198 g/mol. The Balaban J connectivity index is 2.75. The lowest BCUT2D eigenvalue weighted by Crippen LogP contribution is -1.89. The molecule has 0 saturated carbocycles. The molecule has 2 heteroatoms. The first kappa shape index (κ1) is 11.8. The predicted molar refractivity (Wildman–Crippen MR) is 65.3 cm³/mol. The highest BCUT2D eigenvalue weighted by Crippen LogP contribution is 1.96. The lowest BCUT2D eigenvalue weighted by molar-refractivity contribution is 0.284. The summed E-state index contributed by atoms with van der Waals surface area (Å²) in [6.45, 7) is 0.296. The molecule has 0 radical (unpaired) electrons. The summed E-state index contributed by atoms with van der Waals surface area (Å²) in [5.74, 6) is 0. The van der Waals surface area contributed by atoms with Crippen LogP contribution >= 0.6 is 0 Å². The van der Waals surface area contributed by atoms with Gasteiger partial charge in [-0.25, -0.2) is 0 Å². The summed E-state index contributed by atoms with van der Waals surface area (Å²) in [6.07, 6.45) is 20.2. The minimum Gasteiger partial charge on any atom is -0.496 e. The number of nitrogens with zero attached hydrogens (tertiary/aromatic N) is 1. The van der Waals surface area contributed by atoms with Gasteiger partial charge in [0, 0.05) is 0 Å². The van der Waals surface area contributed by atoms with Crippen LogP contribution in [0.15, 0.2) is 72.6 Å². The second-order valence-corrected chi connectivity index (χ2v) is 2.98. The second-order valence-electron chi connectivity index (χ2n) is 2.98. The summed E-state index contributed by atoms with van der Waals surface area (Å²) in [7, 11) is 0. The van der Waals surface area contributed by atoms with Crippen LogP contribution in [-0.2, 0) is 4.74 Å². The number of nitriles is 1. The Hall–Kier alpha value is -2.27. The molecule has 0 fully saturated rings. The first-order chi connectivity index (χ1) is 7.93. The van der Waals surface area contributed by atoms with Gasteiger partial charge in [-0.1, -0.05) is 48.6 Å². The molecule has 1 heterocycles. The molecule has 0 bridgehead atoms. The van der Waals surface area contributed by atoms with Crippen LogP contribution in [0.25, 0.3) is 0 Å². The van der Waals surface area contributed by atoms with Gasteiger partial charge in [-0.2, -0.15) is 5.26 Å². The van der Waals surface area contributed by atoms with Gasteiger partial charge >= 0.3 is 0 Å². The Morgan fingerprint density at radius 3 is 2.06 bits per heavy atom. The molecule has 1 rings (SSSR count). The average Bonchev–Trinajstić information content (AvgIpc) is 2.32. The third-order valence-corrected chi connectivity index (χ3v) is 1.74. The molecule has 80 valence electrons. The Morgan fingerprint density at radius 1 is 0.875 bits per heavy atom. The summed E-state index contributed by atoms with van der Waals surface area (Å²) in [5.41, 5.74) is 0.589. The zero-order chi connectivity index (χ0) is 11.5. The van der Waals surface area contributed by atoms with E-state index >= 15 is 0 Å². The van der Waals surface area contributed by atoms with Gasteiger partial charge in [-0.15, -0.1) is 0 Å². The molecule has 0 spiro atoms. The molecule has 0 N–H and O–H groups in total. The minimum absolute atomic E-state index is 0.296. The normalized spacial score (nSPS) is 29.3. The molecule has 0 aromatic rings. The maximum absolute atomic E-state index is 8.80. The van der Waals surface area contributed by atoms with Gasteiger partial charge in [0.1, 0.15) is 6.61 Å². The molecule has 0 unspecified atom stereocenters. The van der Waals surface area contributed by atoms with Crippen LogP contribution < -0.4 is 0 Å². The van der Waals surface area contributed by atoms with Gasteiger partial charge in [-0.3, -0.25) is 0 Å². The molecule has 0 amide bonds. The van der Waals surface area contributed by atoms with Gasteiger partial charge in [0.25, 0.3) is 0 Å². The molecule has 0 aromatic heterocycles. The zero-order valence-corrected chi connectivity index (χ0v) is 8.91. The number of hydrogen-bond acceptors (Lipinski definition) is 2. The van der Waals surface area contributed by atoms with Crippen molar-refractivity contribution in [3.05, 3.63) is 72.6 Å². The lowest BCUT2D eigenvalue weighted by atomic mass is 10.2. The van der Waals surface area contributed by atoms with E-state index < -0.39 is 0 Å². The third kappa shape index (κ3) is 5.46. The monoisotopic (exact) mass is 211 g/mol. The average molecular weight is 211 g/mol. The van der Waals surface area contributed by atoms with Crippen LogP contribution in [0.4, 0.5) is 0 Å². The van der Waals surface area contributed by atoms with Crippen LogP contribution in [-0.4, -0.2) is 6.61 Å². The largest absolute Gasteiger partial charge is 0.496 e. The van der Waals surface area contributed by atoms with E-state index in [1.165, 1.54) is 0 Å². The Kier molecular flexibility index (Phi) is 5.96. The van der Waals surface area contributed by atoms with Crippen molar-refractivity contribution in [3.8, 4) is 6.07 Å². The van der Waals surface area contributed by atoms with Crippen molar-refractivity contribution < 1.29 is 4.74 Å². The molecule has 2 nitrogen and oxygen atoms in total. The maximum atomic E-state index is 8.80. The molecule has 0 saturated heterocycles. The lowest BCUT2D eigenvalue weighted by Gasteiger charge is -1.96. The third-order valence-electron chi connectivity index (χ3n) is 1.74. The highest BCUT2D eigenvalue weighted by atomic mass is 16.5. The molecule has 0 aliphatic carbocycles. The number of hydrogen-bond donors (Lipinski definition) is 0. The van der Waals surface area contributed by atoms with E-state index in [9.17, 15) is 0 Å². The van der Waals surface area contributed by atoms with Gasteiger partial charge in [0.05, 0.1) is 17.9 Å². The van der Waals surface area contributed by atoms with Gasteiger partial charge in [0.15, 0.2) is 0 Å². The topological polar surface area (TPSA) is 33.0 Å². The summed E-state index contributed by atoms with van der Waals surface area (Å²) in [6, 6.07) is 2.08. The molecule has 1 aliphatic heterocycles. The van der Waals surface area contributed by atoms with Crippen LogP contribution in [0.2, 0.25) is 0 Å². The Bertz CT molecular complexity index is 415.